The molecule has 6 nitrogen and oxygen atoms in total. The number of halogens is 2. The topological polar surface area (TPSA) is 84.5 Å². The molecule has 2 N–H and O–H groups in total. The first-order chi connectivity index (χ1) is 12.4. The van der Waals surface area contributed by atoms with E-state index in [1.54, 1.807) is 42.5 Å². The number of carbonyl (C=O) groups excluding carboxylic acids is 3. The molecule has 0 spiro atoms. The largest absolute Gasteiger partial charge is 0.489 e. The van der Waals surface area contributed by atoms with Gasteiger partial charge < -0.3 is 4.74 Å². The van der Waals surface area contributed by atoms with Crippen LogP contribution in [0, 0.1) is 0 Å². The van der Waals surface area contributed by atoms with Gasteiger partial charge in [-0.15, -0.1) is 0 Å². The summed E-state index contributed by atoms with van der Waals surface area (Å²) < 4.78 is 5.66. The van der Waals surface area contributed by atoms with Gasteiger partial charge in [0.15, 0.2) is 0 Å². The van der Waals surface area contributed by atoms with E-state index in [0.29, 0.717) is 21.4 Å². The van der Waals surface area contributed by atoms with Gasteiger partial charge >= 0.3 is 6.03 Å². The van der Waals surface area contributed by atoms with Crippen molar-refractivity contribution in [1.82, 2.24) is 10.6 Å². The summed E-state index contributed by atoms with van der Waals surface area (Å²) in [5.41, 5.74) is 1.25. The molecule has 0 saturated carbocycles. The summed E-state index contributed by atoms with van der Waals surface area (Å²) in [7, 11) is 0. The van der Waals surface area contributed by atoms with Crippen molar-refractivity contribution in [1.29, 1.82) is 0 Å². The molecule has 0 radical (unpaired) electrons. The fourth-order valence-electron chi connectivity index (χ4n) is 2.23. The molecule has 0 bridgehead atoms. The lowest BCUT2D eigenvalue weighted by atomic mass is 10.1. The lowest BCUT2D eigenvalue weighted by Crippen LogP contribution is -2.51. The summed E-state index contributed by atoms with van der Waals surface area (Å²) in [6, 6.07) is 11.1. The van der Waals surface area contributed by atoms with Crippen LogP contribution in [0.2, 0.25) is 10.0 Å². The quantitative estimate of drug-likeness (QED) is 0.619. The molecule has 2 aromatic carbocycles. The normalized spacial score (nSPS) is 13.9. The van der Waals surface area contributed by atoms with Crippen LogP contribution in [0.5, 0.6) is 5.75 Å². The Balaban J connectivity index is 1.68. The lowest BCUT2D eigenvalue weighted by Gasteiger charge is -2.14. The molecule has 3 rings (SSSR count). The molecule has 8 heteroatoms. The molecular weight excluding hydrogens is 379 g/mol. The molecule has 2 aromatic rings. The predicted octanol–water partition coefficient (Wildman–Crippen LogP) is 3.32. The summed E-state index contributed by atoms with van der Waals surface area (Å²) in [4.78, 5) is 34.4. The highest BCUT2D eigenvalue weighted by atomic mass is 35.5. The van der Waals surface area contributed by atoms with Crippen molar-refractivity contribution in [3.05, 3.63) is 69.2 Å². The predicted molar refractivity (Wildman–Crippen MR) is 96.9 cm³/mol. The molecule has 0 atom stereocenters. The number of barbiturate groups is 1. The van der Waals surface area contributed by atoms with Gasteiger partial charge in [-0.1, -0.05) is 41.4 Å². The third-order valence-corrected chi connectivity index (χ3v) is 4.13. The maximum Gasteiger partial charge on any atom is 0.328 e. The number of carbonyl (C=O) groups is 3. The molecule has 0 unspecified atom stereocenters. The van der Waals surface area contributed by atoms with Crippen molar-refractivity contribution in [2.75, 3.05) is 0 Å². The Hall–Kier alpha value is -2.83. The minimum Gasteiger partial charge on any atom is -0.489 e. The fraction of sp³-hybridized carbons (Fsp3) is 0.0556. The Morgan fingerprint density at radius 3 is 2.19 bits per heavy atom. The number of amides is 4. The smallest absolute Gasteiger partial charge is 0.328 e. The third kappa shape index (κ3) is 4.22. The Bertz CT molecular complexity index is 901. The lowest BCUT2D eigenvalue weighted by molar-refractivity contribution is -0.123. The van der Waals surface area contributed by atoms with Gasteiger partial charge in [0.2, 0.25) is 0 Å². The van der Waals surface area contributed by atoms with Crippen LogP contribution in [0.1, 0.15) is 11.1 Å². The Kier molecular flexibility index (Phi) is 5.25. The van der Waals surface area contributed by atoms with Gasteiger partial charge in [-0.25, -0.2) is 4.79 Å². The van der Waals surface area contributed by atoms with E-state index >= 15 is 0 Å². The molecule has 1 aliphatic rings. The average Bonchev–Trinajstić information content (AvgIpc) is 2.58. The zero-order chi connectivity index (χ0) is 18.7. The number of rotatable bonds is 4. The standard InChI is InChI=1S/C18H12Cl2N2O4/c19-12-4-3-11(15(20)8-12)9-26-13-5-1-10(2-6-13)7-14-16(23)21-18(25)22-17(14)24/h1-8H,9H2,(H2,21,22,23,24,25). The van der Waals surface area contributed by atoms with Gasteiger partial charge in [-0.3, -0.25) is 20.2 Å². The van der Waals surface area contributed by atoms with E-state index in [9.17, 15) is 14.4 Å². The molecule has 132 valence electrons. The highest BCUT2D eigenvalue weighted by Gasteiger charge is 2.27. The summed E-state index contributed by atoms with van der Waals surface area (Å²) in [6.45, 7) is 0.267. The highest BCUT2D eigenvalue weighted by Crippen LogP contribution is 2.23. The first-order valence-electron chi connectivity index (χ1n) is 7.47. The summed E-state index contributed by atoms with van der Waals surface area (Å²) in [5.74, 6) is -0.890. The Morgan fingerprint density at radius 1 is 0.923 bits per heavy atom. The third-order valence-electron chi connectivity index (χ3n) is 3.54. The summed E-state index contributed by atoms with van der Waals surface area (Å²) >= 11 is 11.9. The van der Waals surface area contributed by atoms with Crippen LogP contribution in [0.15, 0.2) is 48.0 Å². The van der Waals surface area contributed by atoms with Crippen molar-refractivity contribution >= 4 is 47.1 Å². The van der Waals surface area contributed by atoms with Gasteiger partial charge in [0.1, 0.15) is 17.9 Å². The van der Waals surface area contributed by atoms with Crippen LogP contribution >= 0.6 is 23.2 Å². The molecule has 1 fully saturated rings. The van der Waals surface area contributed by atoms with Crippen molar-refractivity contribution in [3.8, 4) is 5.75 Å². The van der Waals surface area contributed by atoms with Crippen LogP contribution in [0.25, 0.3) is 6.08 Å². The highest BCUT2D eigenvalue weighted by molar-refractivity contribution is 6.35. The van der Waals surface area contributed by atoms with Crippen LogP contribution in [0.4, 0.5) is 4.79 Å². The molecule has 1 aliphatic heterocycles. The van der Waals surface area contributed by atoms with Crippen LogP contribution in [-0.2, 0) is 16.2 Å². The fourth-order valence-corrected chi connectivity index (χ4v) is 2.70. The number of nitrogens with one attached hydrogen (secondary N) is 2. The summed E-state index contributed by atoms with van der Waals surface area (Å²) in [5, 5.41) is 5.09. The maximum absolute atomic E-state index is 11.7. The minimum atomic E-state index is -0.832. The summed E-state index contributed by atoms with van der Waals surface area (Å²) in [6.07, 6.45) is 1.39. The van der Waals surface area contributed by atoms with E-state index in [1.807, 2.05) is 10.6 Å². The van der Waals surface area contributed by atoms with E-state index in [1.165, 1.54) is 6.08 Å². The number of urea groups is 1. The van der Waals surface area contributed by atoms with Crippen molar-refractivity contribution in [2.45, 2.75) is 6.61 Å². The second-order valence-electron chi connectivity index (χ2n) is 5.39. The SMILES string of the molecule is O=C1NC(=O)C(=Cc2ccc(OCc3ccc(Cl)cc3Cl)cc2)C(=O)N1. The molecular formula is C18H12Cl2N2O4. The van der Waals surface area contributed by atoms with Crippen molar-refractivity contribution in [3.63, 3.8) is 0 Å². The second-order valence-corrected chi connectivity index (χ2v) is 6.23. The van der Waals surface area contributed by atoms with E-state index < -0.39 is 17.8 Å². The van der Waals surface area contributed by atoms with E-state index in [4.69, 9.17) is 27.9 Å². The molecule has 4 amide bonds. The van der Waals surface area contributed by atoms with E-state index in [0.717, 1.165) is 5.56 Å². The van der Waals surface area contributed by atoms with Crippen molar-refractivity contribution < 1.29 is 19.1 Å². The second kappa shape index (κ2) is 7.59. The molecule has 1 heterocycles. The molecule has 0 aromatic heterocycles. The van der Waals surface area contributed by atoms with Gasteiger partial charge in [0.25, 0.3) is 11.8 Å². The van der Waals surface area contributed by atoms with E-state index in [-0.39, 0.29) is 12.2 Å². The zero-order valence-corrected chi connectivity index (χ0v) is 14.7. The number of imide groups is 2. The van der Waals surface area contributed by atoms with Gasteiger partial charge in [-0.2, -0.15) is 0 Å². The zero-order valence-electron chi connectivity index (χ0n) is 13.2. The van der Waals surface area contributed by atoms with Crippen LogP contribution in [0.3, 0.4) is 0 Å². The number of hydrogen-bond acceptors (Lipinski definition) is 4. The molecule has 0 aliphatic carbocycles. The monoisotopic (exact) mass is 390 g/mol. The maximum atomic E-state index is 11.7. The first kappa shape index (κ1) is 18.0. The number of hydrogen-bond donors (Lipinski definition) is 2. The van der Waals surface area contributed by atoms with Crippen LogP contribution < -0.4 is 15.4 Å². The van der Waals surface area contributed by atoms with Crippen LogP contribution in [-0.4, -0.2) is 17.8 Å². The minimum absolute atomic E-state index is 0.147. The average molecular weight is 391 g/mol. The molecule has 1 saturated heterocycles. The Morgan fingerprint density at radius 2 is 1.58 bits per heavy atom. The van der Waals surface area contributed by atoms with Crippen molar-refractivity contribution in [2.24, 2.45) is 0 Å². The number of ether oxygens (including phenoxy) is 1. The van der Waals surface area contributed by atoms with Gasteiger partial charge in [0, 0.05) is 15.6 Å². The number of benzene rings is 2. The van der Waals surface area contributed by atoms with Gasteiger partial charge in [0.05, 0.1) is 0 Å². The molecule has 26 heavy (non-hydrogen) atoms. The van der Waals surface area contributed by atoms with E-state index in [2.05, 4.69) is 0 Å². The Labute approximate surface area is 158 Å². The first-order valence-corrected chi connectivity index (χ1v) is 8.23. The van der Waals surface area contributed by atoms with Gasteiger partial charge in [-0.05, 0) is 35.9 Å².